The molecule has 4 N–H and O–H groups in total. The summed E-state index contributed by atoms with van der Waals surface area (Å²) in [6, 6.07) is 4.42. The molecule has 5 rings (SSSR count). The fourth-order valence-corrected chi connectivity index (χ4v) is 7.73. The third-order valence-electron chi connectivity index (χ3n) is 7.22. The number of carbonyl (C=O) groups excluding carboxylic acids is 2. The number of hydrogen-bond donors (Lipinski definition) is 2. The molecule has 3 fully saturated rings. The Hall–Kier alpha value is -2.21. The standard InChI is InChI=1S/C21H29N5O5S/c22-14-5-7-24(8-6-14)32(29,30)26-15-2-3-16(26)11-17(10-15)25-18-9-13(21(23)28)1-4-19(18)31-12-20(25)27/h1,4,9,14-17H,2-3,5-8,10-12,22H2,(H2,23,28). The number of anilines is 1. The van der Waals surface area contributed by atoms with Crippen molar-refractivity contribution in [2.45, 2.75) is 62.7 Å². The van der Waals surface area contributed by atoms with Crippen molar-refractivity contribution >= 4 is 27.7 Å². The third kappa shape index (κ3) is 3.57. The highest BCUT2D eigenvalue weighted by Crippen LogP contribution is 2.44. The Morgan fingerprint density at radius 3 is 2.31 bits per heavy atom. The number of ether oxygens (including phenoxy) is 1. The average molecular weight is 464 g/mol. The van der Waals surface area contributed by atoms with E-state index in [9.17, 15) is 18.0 Å². The lowest BCUT2D eigenvalue weighted by atomic mass is 9.96. The lowest BCUT2D eigenvalue weighted by molar-refractivity contribution is -0.122. The van der Waals surface area contributed by atoms with Gasteiger partial charge in [-0.25, -0.2) is 0 Å². The first-order chi connectivity index (χ1) is 15.3. The lowest BCUT2D eigenvalue weighted by Gasteiger charge is -2.45. The van der Waals surface area contributed by atoms with Crippen molar-refractivity contribution in [2.24, 2.45) is 11.5 Å². The Bertz CT molecular complexity index is 1030. The first-order valence-corrected chi connectivity index (χ1v) is 12.6. The maximum Gasteiger partial charge on any atom is 0.282 e. The molecule has 3 saturated heterocycles. The molecule has 174 valence electrons. The minimum atomic E-state index is -3.57. The first-order valence-electron chi connectivity index (χ1n) is 11.2. The summed E-state index contributed by atoms with van der Waals surface area (Å²) in [5, 5.41) is 0. The predicted octanol–water partition coefficient (Wildman–Crippen LogP) is 0.174. The molecular formula is C21H29N5O5S. The van der Waals surface area contributed by atoms with E-state index < -0.39 is 16.1 Å². The summed E-state index contributed by atoms with van der Waals surface area (Å²) in [7, 11) is -3.57. The fourth-order valence-electron chi connectivity index (χ4n) is 5.66. The molecule has 1 aromatic rings. The zero-order valence-corrected chi connectivity index (χ0v) is 18.7. The van der Waals surface area contributed by atoms with E-state index in [0.717, 1.165) is 12.8 Å². The van der Waals surface area contributed by atoms with Crippen LogP contribution in [0.25, 0.3) is 0 Å². The van der Waals surface area contributed by atoms with E-state index in [1.54, 1.807) is 31.7 Å². The van der Waals surface area contributed by atoms with Crippen LogP contribution in [0.1, 0.15) is 48.9 Å². The Balaban J connectivity index is 1.40. The van der Waals surface area contributed by atoms with Crippen LogP contribution in [0.15, 0.2) is 18.2 Å². The number of carbonyl (C=O) groups is 2. The van der Waals surface area contributed by atoms with Gasteiger partial charge in [0.2, 0.25) is 5.91 Å². The molecule has 0 radical (unpaired) electrons. The highest BCUT2D eigenvalue weighted by Gasteiger charge is 2.51. The van der Waals surface area contributed by atoms with Gasteiger partial charge in [-0.05, 0) is 56.7 Å². The van der Waals surface area contributed by atoms with Crippen LogP contribution < -0.4 is 21.1 Å². The largest absolute Gasteiger partial charge is 0.482 e. The van der Waals surface area contributed by atoms with E-state index in [1.165, 1.54) is 0 Å². The fraction of sp³-hybridized carbons (Fsp3) is 0.619. The van der Waals surface area contributed by atoms with Gasteiger partial charge in [0.25, 0.3) is 16.1 Å². The number of fused-ring (bicyclic) bond motifs is 3. The molecule has 0 aliphatic carbocycles. The number of amides is 2. The van der Waals surface area contributed by atoms with E-state index >= 15 is 0 Å². The number of benzene rings is 1. The normalized spacial score (nSPS) is 29.6. The van der Waals surface area contributed by atoms with Gasteiger partial charge < -0.3 is 21.1 Å². The van der Waals surface area contributed by atoms with Gasteiger partial charge in [-0.3, -0.25) is 9.59 Å². The van der Waals surface area contributed by atoms with Crippen molar-refractivity contribution in [2.75, 3.05) is 24.6 Å². The highest BCUT2D eigenvalue weighted by atomic mass is 32.2. The molecular weight excluding hydrogens is 434 g/mol. The molecule has 1 aromatic carbocycles. The Morgan fingerprint density at radius 2 is 1.69 bits per heavy atom. The molecule has 4 aliphatic heterocycles. The minimum absolute atomic E-state index is 0.0570. The maximum atomic E-state index is 13.4. The molecule has 2 amide bonds. The molecule has 0 spiro atoms. The van der Waals surface area contributed by atoms with Crippen molar-refractivity contribution in [3.8, 4) is 5.75 Å². The van der Waals surface area contributed by atoms with Gasteiger partial charge in [0.15, 0.2) is 6.61 Å². The van der Waals surface area contributed by atoms with Crippen LogP contribution in [0.5, 0.6) is 5.75 Å². The zero-order valence-electron chi connectivity index (χ0n) is 17.9. The van der Waals surface area contributed by atoms with Crippen LogP contribution in [0.2, 0.25) is 0 Å². The van der Waals surface area contributed by atoms with E-state index in [2.05, 4.69) is 0 Å². The van der Waals surface area contributed by atoms with Crippen molar-refractivity contribution < 1.29 is 22.7 Å². The van der Waals surface area contributed by atoms with Gasteiger partial charge in [-0.1, -0.05) is 0 Å². The summed E-state index contributed by atoms with van der Waals surface area (Å²) >= 11 is 0. The molecule has 0 aromatic heterocycles. The average Bonchev–Trinajstić information content (AvgIpc) is 3.05. The van der Waals surface area contributed by atoms with Gasteiger partial charge >= 0.3 is 0 Å². The summed E-state index contributed by atoms with van der Waals surface area (Å²) in [5.74, 6) is -0.237. The van der Waals surface area contributed by atoms with Crippen molar-refractivity contribution in [3.63, 3.8) is 0 Å². The second kappa shape index (κ2) is 7.98. The Kier molecular flexibility index (Phi) is 5.39. The number of piperidine rings is 2. The molecule has 10 nitrogen and oxygen atoms in total. The van der Waals surface area contributed by atoms with Gasteiger partial charge in [-0.2, -0.15) is 17.0 Å². The number of nitrogens with zero attached hydrogens (tertiary/aromatic N) is 3. The number of rotatable bonds is 4. The Labute approximate surface area is 187 Å². The molecule has 2 bridgehead atoms. The second-order valence-corrected chi connectivity index (χ2v) is 11.0. The van der Waals surface area contributed by atoms with E-state index in [1.807, 2.05) is 0 Å². The van der Waals surface area contributed by atoms with Crippen LogP contribution >= 0.6 is 0 Å². The molecule has 32 heavy (non-hydrogen) atoms. The van der Waals surface area contributed by atoms with E-state index in [-0.39, 0.29) is 36.7 Å². The highest BCUT2D eigenvalue weighted by molar-refractivity contribution is 7.86. The summed E-state index contributed by atoms with van der Waals surface area (Å²) in [4.78, 5) is 26.2. The maximum absolute atomic E-state index is 13.4. The van der Waals surface area contributed by atoms with Crippen LogP contribution in [0, 0.1) is 0 Å². The molecule has 11 heteroatoms. The second-order valence-electron chi connectivity index (χ2n) is 9.18. The number of nitrogens with two attached hydrogens (primary N) is 2. The summed E-state index contributed by atoms with van der Waals surface area (Å²) in [5.41, 5.74) is 12.2. The molecule has 0 saturated carbocycles. The van der Waals surface area contributed by atoms with Crippen molar-refractivity contribution in [3.05, 3.63) is 23.8 Å². The first kappa shape index (κ1) is 21.6. The summed E-state index contributed by atoms with van der Waals surface area (Å²) < 4.78 is 35.7. The molecule has 4 heterocycles. The smallest absolute Gasteiger partial charge is 0.282 e. The lowest BCUT2D eigenvalue weighted by Crippen LogP contribution is -2.59. The number of hydrogen-bond acceptors (Lipinski definition) is 6. The van der Waals surface area contributed by atoms with Gasteiger partial charge in [0.05, 0.1) is 5.69 Å². The van der Waals surface area contributed by atoms with E-state index in [4.69, 9.17) is 16.2 Å². The monoisotopic (exact) mass is 463 g/mol. The van der Waals surface area contributed by atoms with Crippen LogP contribution in [-0.4, -0.2) is 72.7 Å². The number of primary amides is 1. The topological polar surface area (TPSA) is 139 Å². The third-order valence-corrected chi connectivity index (χ3v) is 9.37. The summed E-state index contributed by atoms with van der Waals surface area (Å²) in [6.45, 7) is 0.826. The van der Waals surface area contributed by atoms with Gasteiger partial charge in [0, 0.05) is 42.8 Å². The van der Waals surface area contributed by atoms with Gasteiger partial charge in [0.1, 0.15) is 5.75 Å². The minimum Gasteiger partial charge on any atom is -0.482 e. The van der Waals surface area contributed by atoms with Crippen LogP contribution in [0.3, 0.4) is 0 Å². The SMILES string of the molecule is NC(=O)c1ccc2c(c1)N(C1CC3CCC(C1)N3S(=O)(=O)N1CCC(N)CC1)C(=O)CO2. The van der Waals surface area contributed by atoms with Crippen molar-refractivity contribution in [1.29, 1.82) is 0 Å². The molecule has 4 aliphatic rings. The Morgan fingerprint density at radius 1 is 1.03 bits per heavy atom. The van der Waals surface area contributed by atoms with Crippen LogP contribution in [-0.2, 0) is 15.0 Å². The van der Waals surface area contributed by atoms with Crippen LogP contribution in [0.4, 0.5) is 5.69 Å². The zero-order chi connectivity index (χ0) is 22.6. The summed E-state index contributed by atoms with van der Waals surface area (Å²) in [6.07, 6.45) is 4.00. The van der Waals surface area contributed by atoms with Gasteiger partial charge in [-0.15, -0.1) is 0 Å². The molecule has 2 unspecified atom stereocenters. The van der Waals surface area contributed by atoms with E-state index in [0.29, 0.717) is 55.8 Å². The molecule has 2 atom stereocenters. The van der Waals surface area contributed by atoms with Crippen molar-refractivity contribution in [1.82, 2.24) is 8.61 Å². The predicted molar refractivity (Wildman–Crippen MR) is 117 cm³/mol. The quantitative estimate of drug-likeness (QED) is 0.653.